The van der Waals surface area contributed by atoms with E-state index in [-0.39, 0.29) is 18.7 Å². The monoisotopic (exact) mass is 335 g/mol. The molecular weight excluding hydrogens is 313 g/mol. The van der Waals surface area contributed by atoms with Gasteiger partial charge in [-0.25, -0.2) is 4.79 Å². The first-order valence-corrected chi connectivity index (χ1v) is 8.57. The molecule has 0 unspecified atom stereocenters. The summed E-state index contributed by atoms with van der Waals surface area (Å²) in [5.41, 5.74) is 1.88. The fraction of sp³-hybridized carbons (Fsp3) is 0.350. The zero-order valence-electron chi connectivity index (χ0n) is 14.4. The topological polar surface area (TPSA) is 49.8 Å². The average Bonchev–Trinajstić information content (AvgIpc) is 2.63. The summed E-state index contributed by atoms with van der Waals surface area (Å²) in [5.74, 6) is 0. The number of carbonyl (C=O) groups is 1. The average molecular weight is 335 g/mol. The second-order valence-electron chi connectivity index (χ2n) is 6.49. The fourth-order valence-corrected chi connectivity index (χ4v) is 3.42. The Hall–Kier alpha value is -2.27. The highest BCUT2D eigenvalue weighted by molar-refractivity contribution is 6.32. The molecule has 3 rings (SSSR count). The highest BCUT2D eigenvalue weighted by Crippen LogP contribution is 2.39. The van der Waals surface area contributed by atoms with Crippen LogP contribution in [0.5, 0.6) is 0 Å². The molecule has 1 aliphatic rings. The van der Waals surface area contributed by atoms with Crippen LogP contribution in [0.15, 0.2) is 54.6 Å². The zero-order chi connectivity index (χ0) is 17.9. The molecule has 4 nitrogen and oxygen atoms in total. The van der Waals surface area contributed by atoms with Gasteiger partial charge in [0.25, 0.3) is 0 Å². The van der Waals surface area contributed by atoms with E-state index < -0.39 is 5.60 Å². The Kier molecular flexibility index (Phi) is 5.14. The van der Waals surface area contributed by atoms with E-state index in [9.17, 15) is 9.90 Å². The van der Waals surface area contributed by atoms with Gasteiger partial charge < -0.3 is 14.7 Å². The third-order valence-corrected chi connectivity index (χ3v) is 4.98. The number of benzene rings is 2. The lowest BCUT2D eigenvalue weighted by Crippen LogP contribution is -2.49. The van der Waals surface area contributed by atoms with Crippen molar-refractivity contribution in [3.63, 3.8) is 0 Å². The maximum absolute atomic E-state index is 12.7. The number of carbonyl (C=O) groups excluding carboxylic acids is 1. The summed E-state index contributed by atoms with van der Waals surface area (Å²) in [5, 5.41) is 9.49. The Balaban J connectivity index is 1.81. The number of cyclic esters (lactones) is 1. The Morgan fingerprint density at radius 1 is 1.20 bits per heavy atom. The van der Waals surface area contributed by atoms with Gasteiger partial charge in [-0.15, -0.1) is 0 Å². The number of hydrogen-bond donors (Lipinski definition) is 1. The summed E-state index contributed by atoms with van der Waals surface area (Å²) >= 11 is 0. The lowest BCUT2D eigenvalue weighted by Gasteiger charge is -2.43. The van der Waals surface area contributed by atoms with Crippen LogP contribution >= 0.6 is 0 Å². The van der Waals surface area contributed by atoms with Crippen molar-refractivity contribution in [2.24, 2.45) is 0 Å². The number of rotatable bonds is 5. The van der Waals surface area contributed by atoms with Gasteiger partial charge in [-0.3, -0.25) is 0 Å². The van der Waals surface area contributed by atoms with Crippen LogP contribution < -0.4 is 5.46 Å². The molecular formula is C20H22BNO3. The molecule has 0 aliphatic carbocycles. The van der Waals surface area contributed by atoms with Gasteiger partial charge in [0, 0.05) is 26.0 Å². The van der Waals surface area contributed by atoms with Crippen molar-refractivity contribution >= 4 is 19.4 Å². The first-order chi connectivity index (χ1) is 12.1. The van der Waals surface area contributed by atoms with Gasteiger partial charge in [-0.05, 0) is 18.1 Å². The summed E-state index contributed by atoms with van der Waals surface area (Å²) in [6.45, 7) is 2.52. The first-order valence-electron chi connectivity index (χ1n) is 8.57. The summed E-state index contributed by atoms with van der Waals surface area (Å²) in [4.78, 5) is 14.5. The normalized spacial score (nSPS) is 21.7. The minimum absolute atomic E-state index is 0.0321. The predicted octanol–water partition coefficient (Wildman–Crippen LogP) is 2.66. The molecule has 1 fully saturated rings. The standard InChI is InChI=1S/C20H22BNO3/c1-15(16-7-9-18(21)10-8-16)22-13-11-20(12-14-23,25-19(22)24)17-5-3-2-4-6-17/h2-10,15,23H,11-14H2,1H3/t15-,20-/m0/s1. The van der Waals surface area contributed by atoms with Crippen LogP contribution in [0.1, 0.15) is 36.9 Å². The second kappa shape index (κ2) is 7.32. The van der Waals surface area contributed by atoms with Gasteiger partial charge in [-0.1, -0.05) is 60.1 Å². The van der Waals surface area contributed by atoms with E-state index in [0.29, 0.717) is 24.8 Å². The largest absolute Gasteiger partial charge is 0.438 e. The van der Waals surface area contributed by atoms with Gasteiger partial charge in [0.1, 0.15) is 13.4 Å². The van der Waals surface area contributed by atoms with Crippen molar-refractivity contribution in [1.82, 2.24) is 4.90 Å². The van der Waals surface area contributed by atoms with Crippen LogP contribution in [0, 0.1) is 0 Å². The minimum Gasteiger partial charge on any atom is -0.438 e. The lowest BCUT2D eigenvalue weighted by atomic mass is 9.85. The summed E-state index contributed by atoms with van der Waals surface area (Å²) < 4.78 is 5.88. The van der Waals surface area contributed by atoms with Crippen LogP contribution in [-0.2, 0) is 10.3 Å². The number of hydrogen-bond acceptors (Lipinski definition) is 3. The van der Waals surface area contributed by atoms with E-state index in [0.717, 1.165) is 11.1 Å². The quantitative estimate of drug-likeness (QED) is 0.855. The molecule has 1 N–H and O–H groups in total. The molecule has 0 aromatic heterocycles. The van der Waals surface area contributed by atoms with Crippen LogP contribution in [-0.4, -0.2) is 37.1 Å². The van der Waals surface area contributed by atoms with Crippen LogP contribution in [0.3, 0.4) is 0 Å². The number of nitrogens with zero attached hydrogens (tertiary/aromatic N) is 1. The van der Waals surface area contributed by atoms with E-state index in [4.69, 9.17) is 12.6 Å². The summed E-state index contributed by atoms with van der Waals surface area (Å²) in [7, 11) is 5.74. The Labute approximate surface area is 149 Å². The third kappa shape index (κ3) is 3.56. The maximum Gasteiger partial charge on any atom is 0.411 e. The van der Waals surface area contributed by atoms with Gasteiger partial charge in [-0.2, -0.15) is 0 Å². The summed E-state index contributed by atoms with van der Waals surface area (Å²) in [6.07, 6.45) is 0.683. The SMILES string of the molecule is [B]c1ccc([C@H](C)N2CC[C@](CCO)(c3ccccc3)OC2=O)cc1. The molecule has 0 saturated carbocycles. The molecule has 0 bridgehead atoms. The van der Waals surface area contributed by atoms with Gasteiger partial charge in [0.2, 0.25) is 0 Å². The number of aliphatic hydroxyl groups is 1. The second-order valence-corrected chi connectivity index (χ2v) is 6.49. The van der Waals surface area contributed by atoms with Crippen molar-refractivity contribution < 1.29 is 14.6 Å². The van der Waals surface area contributed by atoms with Crippen molar-refractivity contribution in [3.8, 4) is 0 Å². The zero-order valence-corrected chi connectivity index (χ0v) is 14.4. The highest BCUT2D eigenvalue weighted by Gasteiger charge is 2.43. The molecule has 2 radical (unpaired) electrons. The maximum atomic E-state index is 12.7. The number of amides is 1. The van der Waals surface area contributed by atoms with E-state index >= 15 is 0 Å². The van der Waals surface area contributed by atoms with E-state index in [2.05, 4.69) is 0 Å². The molecule has 1 aliphatic heterocycles. The Morgan fingerprint density at radius 2 is 1.88 bits per heavy atom. The van der Waals surface area contributed by atoms with Crippen LogP contribution in [0.4, 0.5) is 4.79 Å². The molecule has 1 saturated heterocycles. The molecule has 1 amide bonds. The molecule has 128 valence electrons. The van der Waals surface area contributed by atoms with Crippen molar-refractivity contribution in [2.75, 3.05) is 13.2 Å². The molecule has 0 spiro atoms. The van der Waals surface area contributed by atoms with Crippen LogP contribution in [0.25, 0.3) is 0 Å². The Bertz CT molecular complexity index is 719. The molecule has 5 heteroatoms. The van der Waals surface area contributed by atoms with E-state index in [1.165, 1.54) is 0 Å². The smallest absolute Gasteiger partial charge is 0.411 e. The number of aliphatic hydroxyl groups excluding tert-OH is 1. The molecule has 1 heterocycles. The van der Waals surface area contributed by atoms with E-state index in [1.54, 1.807) is 4.90 Å². The van der Waals surface area contributed by atoms with Crippen molar-refractivity contribution in [3.05, 3.63) is 65.7 Å². The van der Waals surface area contributed by atoms with Crippen molar-refractivity contribution in [2.45, 2.75) is 31.4 Å². The minimum atomic E-state index is -0.759. The summed E-state index contributed by atoms with van der Waals surface area (Å²) in [6, 6.07) is 17.1. The van der Waals surface area contributed by atoms with Crippen LogP contribution in [0.2, 0.25) is 0 Å². The molecule has 2 aromatic rings. The van der Waals surface area contributed by atoms with Crippen molar-refractivity contribution in [1.29, 1.82) is 0 Å². The first kappa shape index (κ1) is 17.6. The molecule has 2 atom stereocenters. The third-order valence-electron chi connectivity index (χ3n) is 4.98. The highest BCUT2D eigenvalue weighted by atomic mass is 16.6. The lowest BCUT2D eigenvalue weighted by molar-refractivity contribution is -0.0718. The Morgan fingerprint density at radius 3 is 2.48 bits per heavy atom. The van der Waals surface area contributed by atoms with Gasteiger partial charge in [0.15, 0.2) is 0 Å². The molecule has 25 heavy (non-hydrogen) atoms. The predicted molar refractivity (Wildman–Crippen MR) is 97.9 cm³/mol. The van der Waals surface area contributed by atoms with E-state index in [1.807, 2.05) is 61.5 Å². The van der Waals surface area contributed by atoms with Gasteiger partial charge >= 0.3 is 6.09 Å². The fourth-order valence-electron chi connectivity index (χ4n) is 3.42. The van der Waals surface area contributed by atoms with Gasteiger partial charge in [0.05, 0.1) is 6.04 Å². The molecule has 2 aromatic carbocycles. The number of ether oxygens (including phenoxy) is 1.